The number of carbonyl (C=O) groups is 1. The molecule has 29 heavy (non-hydrogen) atoms. The Hall–Kier alpha value is -2.60. The van der Waals surface area contributed by atoms with Gasteiger partial charge in [-0.15, -0.1) is 11.3 Å². The summed E-state index contributed by atoms with van der Waals surface area (Å²) in [5.41, 5.74) is 1.35. The van der Waals surface area contributed by atoms with Crippen LogP contribution in [0.5, 0.6) is 0 Å². The molecule has 0 aliphatic rings. The summed E-state index contributed by atoms with van der Waals surface area (Å²) >= 11 is 1.26. The number of aromatic nitrogens is 1. The van der Waals surface area contributed by atoms with E-state index in [1.165, 1.54) is 16.9 Å². The maximum atomic E-state index is 14.2. The van der Waals surface area contributed by atoms with Crippen molar-refractivity contribution in [2.24, 2.45) is 5.92 Å². The van der Waals surface area contributed by atoms with Crippen molar-refractivity contribution in [1.82, 2.24) is 10.3 Å². The highest BCUT2D eigenvalue weighted by Crippen LogP contribution is 2.37. The van der Waals surface area contributed by atoms with E-state index >= 15 is 0 Å². The first-order valence-electron chi connectivity index (χ1n) is 9.48. The number of nitrogens with zero attached hydrogens (tertiary/aromatic N) is 1. The van der Waals surface area contributed by atoms with Crippen molar-refractivity contribution in [2.45, 2.75) is 32.6 Å². The van der Waals surface area contributed by atoms with E-state index in [0.29, 0.717) is 16.6 Å². The minimum Gasteiger partial charge on any atom is -0.358 e. The number of thiazole rings is 1. The maximum absolute atomic E-state index is 14.2. The van der Waals surface area contributed by atoms with Crippen LogP contribution in [0.3, 0.4) is 0 Å². The molecule has 2 aromatic carbocycles. The van der Waals surface area contributed by atoms with E-state index in [1.54, 1.807) is 19.4 Å². The largest absolute Gasteiger partial charge is 0.358 e. The van der Waals surface area contributed by atoms with Gasteiger partial charge in [-0.3, -0.25) is 4.79 Å². The van der Waals surface area contributed by atoms with Crippen LogP contribution in [0.2, 0.25) is 0 Å². The van der Waals surface area contributed by atoms with Gasteiger partial charge in [0, 0.05) is 18.0 Å². The Balaban J connectivity index is 2.05. The number of rotatable bonds is 6. The third-order valence-corrected chi connectivity index (χ3v) is 6.06. The van der Waals surface area contributed by atoms with Gasteiger partial charge in [-0.25, -0.2) is 13.8 Å². The fourth-order valence-electron chi connectivity index (χ4n) is 3.37. The molecule has 3 rings (SSSR count). The van der Waals surface area contributed by atoms with E-state index in [9.17, 15) is 13.6 Å². The molecule has 0 saturated heterocycles. The van der Waals surface area contributed by atoms with Crippen molar-refractivity contribution < 1.29 is 13.6 Å². The molecule has 6 heteroatoms. The van der Waals surface area contributed by atoms with Crippen LogP contribution < -0.4 is 5.32 Å². The summed E-state index contributed by atoms with van der Waals surface area (Å²) < 4.78 is 27.8. The molecule has 1 amide bonds. The molecule has 0 saturated carbocycles. The van der Waals surface area contributed by atoms with E-state index in [0.717, 1.165) is 30.2 Å². The highest BCUT2D eigenvalue weighted by atomic mass is 32.1. The minimum absolute atomic E-state index is 0.0824. The number of hydrogen-bond acceptors (Lipinski definition) is 3. The van der Waals surface area contributed by atoms with Gasteiger partial charge < -0.3 is 5.32 Å². The Morgan fingerprint density at radius 2 is 1.86 bits per heavy atom. The average molecular weight is 415 g/mol. The number of likely N-dealkylation sites (N-methyl/N-ethyl adjacent to an activating group) is 1. The molecule has 1 heterocycles. The van der Waals surface area contributed by atoms with E-state index in [-0.39, 0.29) is 11.5 Å². The molecule has 3 nitrogen and oxygen atoms in total. The van der Waals surface area contributed by atoms with Gasteiger partial charge in [-0.2, -0.15) is 0 Å². The monoisotopic (exact) mass is 414 g/mol. The summed E-state index contributed by atoms with van der Waals surface area (Å²) in [6.07, 6.45) is 0.956. The SMILES string of the molecule is CNC(=O)C(C)(c1ccc(CC(C)C)cc1)c1nc(-c2cc(F)ccc2F)cs1. The van der Waals surface area contributed by atoms with Crippen LogP contribution in [0.1, 0.15) is 36.9 Å². The van der Waals surface area contributed by atoms with Gasteiger partial charge in [0.25, 0.3) is 0 Å². The Morgan fingerprint density at radius 1 is 1.17 bits per heavy atom. The van der Waals surface area contributed by atoms with Gasteiger partial charge in [0.15, 0.2) is 0 Å². The van der Waals surface area contributed by atoms with Crippen LogP contribution in [0.25, 0.3) is 11.3 Å². The average Bonchev–Trinajstić information content (AvgIpc) is 3.19. The Labute approximate surface area is 173 Å². The summed E-state index contributed by atoms with van der Waals surface area (Å²) in [4.78, 5) is 17.4. The number of nitrogens with one attached hydrogen (secondary N) is 1. The predicted octanol–water partition coefficient (Wildman–Crippen LogP) is 5.34. The second-order valence-corrected chi connectivity index (χ2v) is 8.52. The quantitative estimate of drug-likeness (QED) is 0.592. The van der Waals surface area contributed by atoms with Gasteiger partial charge in [0.2, 0.25) is 5.91 Å². The van der Waals surface area contributed by atoms with Gasteiger partial charge in [0.05, 0.1) is 5.69 Å². The number of benzene rings is 2. The lowest BCUT2D eigenvalue weighted by Gasteiger charge is -2.26. The summed E-state index contributed by atoms with van der Waals surface area (Å²) in [7, 11) is 1.58. The van der Waals surface area contributed by atoms with Crippen molar-refractivity contribution in [2.75, 3.05) is 7.05 Å². The molecular weight excluding hydrogens is 390 g/mol. The van der Waals surface area contributed by atoms with Crippen LogP contribution in [0.4, 0.5) is 8.78 Å². The first-order valence-corrected chi connectivity index (χ1v) is 10.4. The maximum Gasteiger partial charge on any atom is 0.237 e. The molecular formula is C23H24F2N2OS. The molecule has 0 fully saturated rings. The second-order valence-electron chi connectivity index (χ2n) is 7.66. The number of halogens is 2. The number of amides is 1. The van der Waals surface area contributed by atoms with Crippen LogP contribution in [-0.4, -0.2) is 17.9 Å². The topological polar surface area (TPSA) is 42.0 Å². The Kier molecular flexibility index (Phi) is 6.13. The van der Waals surface area contributed by atoms with Crippen LogP contribution >= 0.6 is 11.3 Å². The molecule has 0 spiro atoms. The fraction of sp³-hybridized carbons (Fsp3) is 0.304. The van der Waals surface area contributed by atoms with Crippen molar-refractivity contribution in [1.29, 1.82) is 0 Å². The summed E-state index contributed by atoms with van der Waals surface area (Å²) in [5, 5.41) is 4.89. The molecule has 0 bridgehead atoms. The Bertz CT molecular complexity index is 1010. The molecule has 1 N–H and O–H groups in total. The highest BCUT2D eigenvalue weighted by Gasteiger charge is 2.39. The summed E-state index contributed by atoms with van der Waals surface area (Å²) in [6, 6.07) is 11.2. The first kappa shape index (κ1) is 21.1. The molecule has 1 aromatic heterocycles. The van der Waals surface area contributed by atoms with Crippen molar-refractivity contribution in [3.05, 3.63) is 75.6 Å². The smallest absolute Gasteiger partial charge is 0.237 e. The molecule has 0 aliphatic carbocycles. The normalized spacial score (nSPS) is 13.3. The van der Waals surface area contributed by atoms with E-state index < -0.39 is 17.0 Å². The van der Waals surface area contributed by atoms with E-state index in [1.807, 2.05) is 24.3 Å². The van der Waals surface area contributed by atoms with Crippen LogP contribution in [0, 0.1) is 17.6 Å². The zero-order valence-electron chi connectivity index (χ0n) is 16.9. The summed E-state index contributed by atoms with van der Waals surface area (Å²) in [5.74, 6) is -0.766. The lowest BCUT2D eigenvalue weighted by atomic mass is 9.81. The van der Waals surface area contributed by atoms with E-state index in [4.69, 9.17) is 0 Å². The zero-order chi connectivity index (χ0) is 21.2. The first-order chi connectivity index (χ1) is 13.8. The molecule has 1 unspecified atom stereocenters. The van der Waals surface area contributed by atoms with Crippen molar-refractivity contribution in [3.8, 4) is 11.3 Å². The van der Waals surface area contributed by atoms with Gasteiger partial charge in [-0.05, 0) is 48.6 Å². The Morgan fingerprint density at radius 3 is 2.48 bits per heavy atom. The van der Waals surface area contributed by atoms with E-state index in [2.05, 4.69) is 24.1 Å². The molecule has 1 atom stereocenters. The van der Waals surface area contributed by atoms with Gasteiger partial charge in [0.1, 0.15) is 22.1 Å². The molecule has 0 radical (unpaired) electrons. The van der Waals surface area contributed by atoms with Gasteiger partial charge >= 0.3 is 0 Å². The highest BCUT2D eigenvalue weighted by molar-refractivity contribution is 7.10. The standard InChI is InChI=1S/C23H24F2N2OS/c1-14(2)11-15-5-7-16(8-6-15)23(3,21(28)26-4)22-27-20(13-29-22)18-12-17(24)9-10-19(18)25/h5-10,12-14H,11H2,1-4H3,(H,26,28). The molecule has 152 valence electrons. The van der Waals surface area contributed by atoms with Crippen LogP contribution in [-0.2, 0) is 16.6 Å². The molecule has 0 aliphatic heterocycles. The number of carbonyl (C=O) groups excluding carboxylic acids is 1. The third kappa shape index (κ3) is 4.22. The third-order valence-electron chi connectivity index (χ3n) is 4.99. The number of hydrogen-bond donors (Lipinski definition) is 1. The van der Waals surface area contributed by atoms with Crippen molar-refractivity contribution in [3.63, 3.8) is 0 Å². The minimum atomic E-state index is -1.04. The van der Waals surface area contributed by atoms with Gasteiger partial charge in [-0.1, -0.05) is 38.1 Å². The zero-order valence-corrected chi connectivity index (χ0v) is 17.7. The van der Waals surface area contributed by atoms with Crippen molar-refractivity contribution >= 4 is 17.2 Å². The lowest BCUT2D eigenvalue weighted by Crippen LogP contribution is -2.41. The predicted molar refractivity (Wildman–Crippen MR) is 113 cm³/mol. The van der Waals surface area contributed by atoms with Crippen LogP contribution in [0.15, 0.2) is 47.8 Å². The molecule has 3 aromatic rings. The lowest BCUT2D eigenvalue weighted by molar-refractivity contribution is -0.124. The fourth-order valence-corrected chi connectivity index (χ4v) is 4.37. The summed E-state index contributed by atoms with van der Waals surface area (Å²) in [6.45, 7) is 6.12. The second kappa shape index (κ2) is 8.41.